The molecule has 4 aliphatic rings. The maximum absolute atomic E-state index is 13.5. The second kappa shape index (κ2) is 23.4. The predicted octanol–water partition coefficient (Wildman–Crippen LogP) is 2.70. The Morgan fingerprint density at radius 3 is 0.944 bits per heavy atom. The van der Waals surface area contributed by atoms with Crippen LogP contribution < -0.4 is 69.3 Å². The molecule has 4 fully saturated rings. The molecule has 0 bridgehead atoms. The third-order valence-electron chi connectivity index (χ3n) is 10.1. The average molecular weight is 769 g/mol. The van der Waals surface area contributed by atoms with Crippen LogP contribution in [0.4, 0.5) is 0 Å². The molecule has 2 aromatic carbocycles. The van der Waals surface area contributed by atoms with Crippen molar-refractivity contribution in [3.05, 3.63) is 57.6 Å². The summed E-state index contributed by atoms with van der Waals surface area (Å²) in [7, 11) is 0. The molecule has 0 saturated carbocycles. The normalized spacial score (nSPS) is 18.0. The van der Waals surface area contributed by atoms with E-state index in [1.54, 1.807) is 0 Å². The molecule has 4 aliphatic heterocycles. The molecule has 9 heteroatoms. The van der Waals surface area contributed by atoms with E-state index in [1.807, 2.05) is 0 Å². The quantitative estimate of drug-likeness (QED) is 0.443. The van der Waals surface area contributed by atoms with E-state index in [-0.39, 0.29) is 92.3 Å². The maximum Gasteiger partial charge on any atom is 1.00 e. The summed E-state index contributed by atoms with van der Waals surface area (Å²) in [5, 5.41) is 27.0. The van der Waals surface area contributed by atoms with E-state index in [0.717, 1.165) is 81.7 Å². The summed E-state index contributed by atoms with van der Waals surface area (Å²) in [6, 6.07) is 8.48. The molecule has 0 aliphatic carbocycles. The van der Waals surface area contributed by atoms with Crippen LogP contribution in [0.15, 0.2) is 24.3 Å². The minimum Gasteiger partial charge on any atom is -0.872 e. The number of ether oxygens (including phenoxy) is 3. The Morgan fingerprint density at radius 1 is 0.463 bits per heavy atom. The van der Waals surface area contributed by atoms with Crippen LogP contribution >= 0.6 is 0 Å². The van der Waals surface area contributed by atoms with Crippen LogP contribution in [0.5, 0.6) is 11.5 Å². The molecule has 2 aromatic rings. The summed E-state index contributed by atoms with van der Waals surface area (Å²) in [5.41, 5.74) is 5.56. The van der Waals surface area contributed by atoms with Gasteiger partial charge in [0.05, 0.1) is 6.67 Å². The zero-order chi connectivity index (χ0) is 38.7. The van der Waals surface area contributed by atoms with Gasteiger partial charge in [-0.2, -0.15) is 0 Å². The minimum absolute atomic E-state index is 0. The molecule has 4 heterocycles. The summed E-state index contributed by atoms with van der Waals surface area (Å²) in [6.45, 7) is 35.8. The largest absolute Gasteiger partial charge is 1.00 e. The van der Waals surface area contributed by atoms with Crippen LogP contribution in [0.25, 0.3) is 0 Å². The van der Waals surface area contributed by atoms with Crippen molar-refractivity contribution in [3.63, 3.8) is 0 Å². The van der Waals surface area contributed by atoms with Crippen LogP contribution in [0, 0.1) is 0 Å². The SMILES string of the molecule is C1CCOC1.C1CCOC1.C1CCOC1.CC(C)(C)c1cc(CN2CCN(Cc3cc(C(C)(C)C)cc(C(C)(C)C)c3[O-])C2)c([O-])c(C(C)(C)C)c1.[Na+].[Na+]. The van der Waals surface area contributed by atoms with Crippen molar-refractivity contribution in [2.24, 2.45) is 0 Å². The minimum atomic E-state index is -0.197. The molecule has 0 unspecified atom stereocenters. The standard InChI is InChI=1S/C33H52N2O2.3C4H8O.2Na/c1-30(2,3)24-15-22(28(36)26(17-24)32(7,8)9)19-34-13-14-35(21-34)20-23-16-25(31(4,5)6)18-27(29(23)37)33(10,11)12;3*1-2-4-5-3-1;;/h15-18,36-37H,13-14,19-21H2,1-12H3;3*1-4H2;;/q;;;;2*+1/p-2. The summed E-state index contributed by atoms with van der Waals surface area (Å²) < 4.78 is 14.8. The average Bonchev–Trinajstić information content (AvgIpc) is 3.88. The van der Waals surface area contributed by atoms with Crippen molar-refractivity contribution in [1.82, 2.24) is 9.80 Å². The molecular formula is C45H74N2Na2O5. The van der Waals surface area contributed by atoms with E-state index < -0.39 is 0 Å². The predicted molar refractivity (Wildman–Crippen MR) is 212 cm³/mol. The van der Waals surface area contributed by atoms with Crippen LogP contribution in [0.3, 0.4) is 0 Å². The fourth-order valence-corrected chi connectivity index (χ4v) is 6.57. The van der Waals surface area contributed by atoms with Crippen LogP contribution in [-0.4, -0.2) is 69.2 Å². The second-order valence-corrected chi connectivity index (χ2v) is 19.2. The van der Waals surface area contributed by atoms with E-state index in [0.29, 0.717) is 13.1 Å². The maximum atomic E-state index is 13.5. The number of benzene rings is 2. The molecule has 0 aromatic heterocycles. The Kier molecular flexibility index (Phi) is 22.5. The number of nitrogens with zero attached hydrogens (tertiary/aromatic N) is 2. The first-order valence-corrected chi connectivity index (χ1v) is 20.1. The van der Waals surface area contributed by atoms with Gasteiger partial charge in [-0.05, 0) is 93.6 Å². The molecular weight excluding hydrogens is 694 g/mol. The fraction of sp³-hybridized carbons (Fsp3) is 0.733. The van der Waals surface area contributed by atoms with Gasteiger partial charge in [0.25, 0.3) is 0 Å². The first-order chi connectivity index (χ1) is 24.2. The fourth-order valence-electron chi connectivity index (χ4n) is 6.57. The van der Waals surface area contributed by atoms with Gasteiger partial charge < -0.3 is 24.4 Å². The van der Waals surface area contributed by atoms with E-state index >= 15 is 0 Å². The van der Waals surface area contributed by atoms with Gasteiger partial charge in [-0.1, -0.05) is 107 Å². The Bertz CT molecular complexity index is 1240. The van der Waals surface area contributed by atoms with Crippen molar-refractivity contribution in [2.45, 2.75) is 156 Å². The summed E-state index contributed by atoms with van der Waals surface area (Å²) in [4.78, 5) is 4.69. The van der Waals surface area contributed by atoms with Crippen LogP contribution in [-0.2, 0) is 49.0 Å². The van der Waals surface area contributed by atoms with Gasteiger partial charge in [0.1, 0.15) is 0 Å². The zero-order valence-corrected chi connectivity index (χ0v) is 41.3. The van der Waals surface area contributed by atoms with Crippen molar-refractivity contribution < 1.29 is 83.5 Å². The van der Waals surface area contributed by atoms with Crippen LogP contribution in [0.2, 0.25) is 0 Å². The number of rotatable bonds is 4. The van der Waals surface area contributed by atoms with Gasteiger partial charge in [0, 0.05) is 65.8 Å². The third kappa shape index (κ3) is 17.4. The first kappa shape index (κ1) is 51.9. The van der Waals surface area contributed by atoms with Crippen molar-refractivity contribution in [1.29, 1.82) is 0 Å². The molecule has 7 nitrogen and oxygen atoms in total. The Morgan fingerprint density at radius 2 is 0.741 bits per heavy atom. The number of hydrogen-bond donors (Lipinski definition) is 0. The monoisotopic (exact) mass is 769 g/mol. The summed E-state index contributed by atoms with van der Waals surface area (Å²) >= 11 is 0. The molecule has 6 rings (SSSR count). The molecule has 0 N–H and O–H groups in total. The van der Waals surface area contributed by atoms with E-state index in [4.69, 9.17) is 14.2 Å². The zero-order valence-electron chi connectivity index (χ0n) is 37.3. The molecule has 0 amide bonds. The van der Waals surface area contributed by atoms with E-state index in [9.17, 15) is 10.2 Å². The van der Waals surface area contributed by atoms with Crippen molar-refractivity contribution >= 4 is 0 Å². The van der Waals surface area contributed by atoms with E-state index in [1.165, 1.54) is 49.7 Å². The Balaban J connectivity index is 0.000000702. The summed E-state index contributed by atoms with van der Waals surface area (Å²) in [5.74, 6) is 0.349. The smallest absolute Gasteiger partial charge is 0.872 e. The van der Waals surface area contributed by atoms with Gasteiger partial charge in [0.15, 0.2) is 0 Å². The van der Waals surface area contributed by atoms with Gasteiger partial charge in [-0.3, -0.25) is 9.80 Å². The summed E-state index contributed by atoms with van der Waals surface area (Å²) in [6.07, 6.45) is 7.67. The topological polar surface area (TPSA) is 80.3 Å². The van der Waals surface area contributed by atoms with E-state index in [2.05, 4.69) is 117 Å². The Hall–Kier alpha value is -0.160. The third-order valence-corrected chi connectivity index (χ3v) is 10.1. The van der Waals surface area contributed by atoms with Crippen molar-refractivity contribution in [2.75, 3.05) is 59.4 Å². The molecule has 0 atom stereocenters. The molecule has 54 heavy (non-hydrogen) atoms. The second-order valence-electron chi connectivity index (χ2n) is 19.2. The molecule has 0 spiro atoms. The molecule has 4 saturated heterocycles. The first-order valence-electron chi connectivity index (χ1n) is 20.1. The van der Waals surface area contributed by atoms with Crippen LogP contribution in [0.1, 0.15) is 155 Å². The molecule has 0 radical (unpaired) electrons. The van der Waals surface area contributed by atoms with Crippen molar-refractivity contribution in [3.8, 4) is 11.5 Å². The molecule has 296 valence electrons. The Labute approximate surface area is 375 Å². The van der Waals surface area contributed by atoms with Gasteiger partial charge in [0.2, 0.25) is 0 Å². The number of hydrogen-bond acceptors (Lipinski definition) is 7. The van der Waals surface area contributed by atoms with Gasteiger partial charge in [-0.15, -0.1) is 11.5 Å². The van der Waals surface area contributed by atoms with Gasteiger partial charge in [-0.25, -0.2) is 0 Å². The van der Waals surface area contributed by atoms with Gasteiger partial charge >= 0.3 is 59.1 Å².